The number of nitrogens with zero attached hydrogens (tertiary/aromatic N) is 2. The maximum atomic E-state index is 10.6. The molecule has 4 nitrogen and oxygen atoms in total. The van der Waals surface area contributed by atoms with Crippen molar-refractivity contribution in [2.45, 2.75) is 6.92 Å². The second kappa shape index (κ2) is 4.24. The lowest BCUT2D eigenvalue weighted by atomic mass is 10.1. The number of fused-ring (bicyclic) bond motifs is 1. The Balaban J connectivity index is 2.06. The number of nitro groups is 1. The standard InChI is InChI=1S/C15H12N2O2/c1-11-6-7-16-10-13(9-15(16)8-11)12-2-4-14(5-3-12)17(18)19/h2-10H,1H3. The summed E-state index contributed by atoms with van der Waals surface area (Å²) in [7, 11) is 0. The van der Waals surface area contributed by atoms with Crippen molar-refractivity contribution in [3.8, 4) is 11.1 Å². The van der Waals surface area contributed by atoms with E-state index in [1.54, 1.807) is 12.1 Å². The van der Waals surface area contributed by atoms with E-state index in [-0.39, 0.29) is 10.6 Å². The van der Waals surface area contributed by atoms with Crippen molar-refractivity contribution in [2.24, 2.45) is 0 Å². The lowest BCUT2D eigenvalue weighted by molar-refractivity contribution is -0.384. The van der Waals surface area contributed by atoms with Gasteiger partial charge in [0.2, 0.25) is 0 Å². The Labute approximate surface area is 110 Å². The quantitative estimate of drug-likeness (QED) is 0.514. The van der Waals surface area contributed by atoms with Gasteiger partial charge in [-0.25, -0.2) is 0 Å². The van der Waals surface area contributed by atoms with Gasteiger partial charge in [-0.05, 0) is 48.4 Å². The van der Waals surface area contributed by atoms with E-state index in [2.05, 4.69) is 19.1 Å². The molecule has 0 saturated carbocycles. The van der Waals surface area contributed by atoms with Crippen LogP contribution in [-0.4, -0.2) is 9.32 Å². The molecule has 4 heteroatoms. The third kappa shape index (κ3) is 2.08. The van der Waals surface area contributed by atoms with E-state index in [1.807, 2.05) is 22.9 Å². The average molecular weight is 252 g/mol. The highest BCUT2D eigenvalue weighted by atomic mass is 16.6. The Morgan fingerprint density at radius 2 is 1.79 bits per heavy atom. The third-order valence-corrected chi connectivity index (χ3v) is 3.16. The van der Waals surface area contributed by atoms with Gasteiger partial charge in [0.15, 0.2) is 0 Å². The predicted molar refractivity (Wildman–Crippen MR) is 74.2 cm³/mol. The highest BCUT2D eigenvalue weighted by molar-refractivity contribution is 5.71. The number of nitro benzene ring substituents is 1. The van der Waals surface area contributed by atoms with E-state index >= 15 is 0 Å². The lowest BCUT2D eigenvalue weighted by Gasteiger charge is -1.96. The van der Waals surface area contributed by atoms with Gasteiger partial charge in [-0.15, -0.1) is 0 Å². The van der Waals surface area contributed by atoms with E-state index < -0.39 is 0 Å². The summed E-state index contributed by atoms with van der Waals surface area (Å²) in [6.07, 6.45) is 4.04. The van der Waals surface area contributed by atoms with Crippen molar-refractivity contribution >= 4 is 11.2 Å². The summed E-state index contributed by atoms with van der Waals surface area (Å²) in [6, 6.07) is 12.8. The zero-order valence-corrected chi connectivity index (χ0v) is 10.4. The molecule has 1 aromatic carbocycles. The van der Waals surface area contributed by atoms with Gasteiger partial charge in [0.05, 0.1) is 4.92 Å². The van der Waals surface area contributed by atoms with Crippen LogP contribution in [0.15, 0.2) is 54.9 Å². The summed E-state index contributed by atoms with van der Waals surface area (Å²) in [5.74, 6) is 0. The Morgan fingerprint density at radius 3 is 2.47 bits per heavy atom. The normalized spacial score (nSPS) is 10.8. The molecular formula is C15H12N2O2. The smallest absolute Gasteiger partial charge is 0.269 e. The Morgan fingerprint density at radius 1 is 1.05 bits per heavy atom. The first-order valence-electron chi connectivity index (χ1n) is 5.97. The summed E-state index contributed by atoms with van der Waals surface area (Å²) in [6.45, 7) is 2.05. The maximum absolute atomic E-state index is 10.6. The van der Waals surface area contributed by atoms with Crippen LogP contribution in [0.2, 0.25) is 0 Å². The molecule has 0 unspecified atom stereocenters. The SMILES string of the molecule is Cc1ccn2cc(-c3ccc([N+](=O)[O-])cc3)cc2c1. The number of hydrogen-bond acceptors (Lipinski definition) is 2. The molecule has 0 aliphatic rings. The van der Waals surface area contributed by atoms with Gasteiger partial charge in [-0.3, -0.25) is 10.1 Å². The summed E-state index contributed by atoms with van der Waals surface area (Å²) in [5.41, 5.74) is 4.48. The van der Waals surface area contributed by atoms with Crippen LogP contribution in [-0.2, 0) is 0 Å². The molecule has 0 aliphatic heterocycles. The van der Waals surface area contributed by atoms with E-state index in [4.69, 9.17) is 0 Å². The van der Waals surface area contributed by atoms with Gasteiger partial charge in [0.1, 0.15) is 0 Å². The molecule has 94 valence electrons. The second-order valence-electron chi connectivity index (χ2n) is 4.57. The zero-order chi connectivity index (χ0) is 13.4. The van der Waals surface area contributed by atoms with E-state index in [9.17, 15) is 10.1 Å². The second-order valence-corrected chi connectivity index (χ2v) is 4.57. The molecule has 0 radical (unpaired) electrons. The van der Waals surface area contributed by atoms with Crippen LogP contribution >= 0.6 is 0 Å². The van der Waals surface area contributed by atoms with Crippen LogP contribution < -0.4 is 0 Å². The van der Waals surface area contributed by atoms with E-state index in [0.717, 1.165) is 16.6 Å². The summed E-state index contributed by atoms with van der Waals surface area (Å²) in [5, 5.41) is 10.6. The van der Waals surface area contributed by atoms with Crippen LogP contribution in [0.5, 0.6) is 0 Å². The Kier molecular flexibility index (Phi) is 2.56. The lowest BCUT2D eigenvalue weighted by Crippen LogP contribution is -1.86. The fourth-order valence-electron chi connectivity index (χ4n) is 2.15. The van der Waals surface area contributed by atoms with Gasteiger partial charge >= 0.3 is 0 Å². The first kappa shape index (κ1) is 11.5. The molecule has 19 heavy (non-hydrogen) atoms. The first-order chi connectivity index (χ1) is 9.13. The number of aryl methyl sites for hydroxylation is 1. The van der Waals surface area contributed by atoms with Crippen LogP contribution in [0.4, 0.5) is 5.69 Å². The minimum Gasteiger partial charge on any atom is -0.323 e. The monoisotopic (exact) mass is 252 g/mol. The molecule has 3 aromatic rings. The first-order valence-corrected chi connectivity index (χ1v) is 5.97. The van der Waals surface area contributed by atoms with Gasteiger partial charge in [0, 0.05) is 35.6 Å². The molecule has 0 fully saturated rings. The third-order valence-electron chi connectivity index (χ3n) is 3.16. The van der Waals surface area contributed by atoms with Crippen molar-refractivity contribution in [3.05, 3.63) is 70.5 Å². The Hall–Kier alpha value is -2.62. The highest BCUT2D eigenvalue weighted by Crippen LogP contribution is 2.25. The van der Waals surface area contributed by atoms with Crippen molar-refractivity contribution in [1.82, 2.24) is 4.40 Å². The number of aromatic nitrogens is 1. The van der Waals surface area contributed by atoms with E-state index in [1.165, 1.54) is 17.7 Å². The fraction of sp³-hybridized carbons (Fsp3) is 0.0667. The minimum absolute atomic E-state index is 0.114. The van der Waals surface area contributed by atoms with Gasteiger partial charge in [0.25, 0.3) is 5.69 Å². The largest absolute Gasteiger partial charge is 0.323 e. The summed E-state index contributed by atoms with van der Waals surface area (Å²) >= 11 is 0. The van der Waals surface area contributed by atoms with E-state index in [0.29, 0.717) is 0 Å². The molecule has 2 heterocycles. The molecule has 0 amide bonds. The zero-order valence-electron chi connectivity index (χ0n) is 10.4. The number of rotatable bonds is 2. The highest BCUT2D eigenvalue weighted by Gasteiger charge is 2.06. The molecule has 0 bridgehead atoms. The van der Waals surface area contributed by atoms with Crippen molar-refractivity contribution in [2.75, 3.05) is 0 Å². The van der Waals surface area contributed by atoms with Gasteiger partial charge in [-0.2, -0.15) is 0 Å². The van der Waals surface area contributed by atoms with Crippen LogP contribution in [0, 0.1) is 17.0 Å². The molecule has 0 N–H and O–H groups in total. The Bertz CT molecular complexity index is 757. The van der Waals surface area contributed by atoms with Crippen molar-refractivity contribution in [3.63, 3.8) is 0 Å². The van der Waals surface area contributed by atoms with Gasteiger partial charge in [-0.1, -0.05) is 0 Å². The number of benzene rings is 1. The minimum atomic E-state index is -0.386. The van der Waals surface area contributed by atoms with Crippen molar-refractivity contribution < 1.29 is 4.92 Å². The summed E-state index contributed by atoms with van der Waals surface area (Å²) < 4.78 is 2.05. The molecule has 2 aromatic heterocycles. The molecule has 0 spiro atoms. The number of hydrogen-bond donors (Lipinski definition) is 0. The maximum Gasteiger partial charge on any atom is 0.269 e. The van der Waals surface area contributed by atoms with Crippen molar-refractivity contribution in [1.29, 1.82) is 0 Å². The van der Waals surface area contributed by atoms with Crippen LogP contribution in [0.25, 0.3) is 16.6 Å². The van der Waals surface area contributed by atoms with Crippen LogP contribution in [0.1, 0.15) is 5.56 Å². The average Bonchev–Trinajstić information content (AvgIpc) is 2.81. The fourth-order valence-corrected chi connectivity index (χ4v) is 2.15. The van der Waals surface area contributed by atoms with Crippen LogP contribution in [0.3, 0.4) is 0 Å². The molecule has 0 atom stereocenters. The number of pyridine rings is 1. The van der Waals surface area contributed by atoms with Gasteiger partial charge < -0.3 is 4.40 Å². The predicted octanol–water partition coefficient (Wildman–Crippen LogP) is 3.82. The molecule has 3 rings (SSSR count). The molecular weight excluding hydrogens is 240 g/mol. The molecule has 0 aliphatic carbocycles. The summed E-state index contributed by atoms with van der Waals surface area (Å²) in [4.78, 5) is 10.2. The number of non-ortho nitro benzene ring substituents is 1. The topological polar surface area (TPSA) is 47.5 Å². The molecule has 0 saturated heterocycles.